The van der Waals surface area contributed by atoms with Crippen molar-refractivity contribution < 1.29 is 18.3 Å². The van der Waals surface area contributed by atoms with E-state index < -0.39 is 22.0 Å². The second-order valence-electron chi connectivity index (χ2n) is 10.2. The Labute approximate surface area is 205 Å². The highest BCUT2D eigenvalue weighted by molar-refractivity contribution is 7.90. The lowest BCUT2D eigenvalue weighted by molar-refractivity contribution is -0.243. The van der Waals surface area contributed by atoms with Crippen molar-refractivity contribution >= 4 is 26.7 Å². The maximum atomic E-state index is 13.4. The highest BCUT2D eigenvalue weighted by atomic mass is 32.2. The van der Waals surface area contributed by atoms with Gasteiger partial charge in [0.15, 0.2) is 5.65 Å². The van der Waals surface area contributed by atoms with Gasteiger partial charge < -0.3 is 9.84 Å². The van der Waals surface area contributed by atoms with Crippen LogP contribution in [0.4, 0.5) is 0 Å². The molecule has 3 aromatic heterocycles. The number of fused-ring (bicyclic) bond motifs is 3. The minimum absolute atomic E-state index is 0.0483. The minimum atomic E-state index is -3.80. The molecule has 1 aliphatic rings. The molecule has 0 spiro atoms. The maximum absolute atomic E-state index is 13.4. The van der Waals surface area contributed by atoms with Gasteiger partial charge in [0.05, 0.1) is 33.9 Å². The van der Waals surface area contributed by atoms with E-state index in [1.54, 1.807) is 48.9 Å². The number of imidazole rings is 1. The Kier molecular flexibility index (Phi) is 5.95. The normalized spacial score (nSPS) is 18.9. The van der Waals surface area contributed by atoms with Crippen molar-refractivity contribution in [1.29, 1.82) is 0 Å². The Hall–Kier alpha value is -2.79. The third kappa shape index (κ3) is 4.47. The molecule has 1 unspecified atom stereocenters. The standard InChI is InChI=1S/C25H31N5O4S/c1-17-7-9-20(10-8-17)35(32,33)29-13-11-21-23(29)27-15-19-14-26-22(30(19)21)18-6-5-12-28(16-18)24(31)34-25(2,3)4/h7-11,13-15,18,24,31H,5-6,12,16H2,1-4H3/t18-,24?/m1/s1. The first-order valence-electron chi connectivity index (χ1n) is 11.8. The smallest absolute Gasteiger partial charge is 0.269 e. The molecule has 1 aliphatic heterocycles. The fourth-order valence-corrected chi connectivity index (χ4v) is 5.97. The van der Waals surface area contributed by atoms with Crippen LogP contribution >= 0.6 is 0 Å². The predicted octanol–water partition coefficient (Wildman–Crippen LogP) is 3.50. The summed E-state index contributed by atoms with van der Waals surface area (Å²) in [6.07, 6.45) is 5.76. The summed E-state index contributed by atoms with van der Waals surface area (Å²) in [7, 11) is -3.80. The van der Waals surface area contributed by atoms with Gasteiger partial charge in [-0.2, -0.15) is 0 Å². The summed E-state index contributed by atoms with van der Waals surface area (Å²) >= 11 is 0. The van der Waals surface area contributed by atoms with Crippen molar-refractivity contribution in [3.63, 3.8) is 0 Å². The molecular formula is C25H31N5O4S. The molecule has 0 aliphatic carbocycles. The van der Waals surface area contributed by atoms with Gasteiger partial charge in [-0.15, -0.1) is 0 Å². The van der Waals surface area contributed by atoms with E-state index in [1.165, 1.54) is 3.97 Å². The minimum Gasteiger partial charge on any atom is -0.356 e. The molecule has 0 radical (unpaired) electrons. The Balaban J connectivity index is 1.53. The van der Waals surface area contributed by atoms with Crippen LogP contribution in [0.1, 0.15) is 50.9 Å². The Morgan fingerprint density at radius 1 is 1.11 bits per heavy atom. The predicted molar refractivity (Wildman–Crippen MR) is 133 cm³/mol. The number of likely N-dealkylation sites (tertiary alicyclic amines) is 1. The van der Waals surface area contributed by atoms with Gasteiger partial charge in [-0.05, 0) is 58.7 Å². The average molecular weight is 498 g/mol. The fourth-order valence-electron chi connectivity index (χ4n) is 4.67. The van der Waals surface area contributed by atoms with Gasteiger partial charge >= 0.3 is 0 Å². The van der Waals surface area contributed by atoms with Crippen LogP contribution in [0.3, 0.4) is 0 Å². The summed E-state index contributed by atoms with van der Waals surface area (Å²) in [6.45, 7) is 8.99. The fraction of sp³-hybridized carbons (Fsp3) is 0.440. The largest absolute Gasteiger partial charge is 0.356 e. The zero-order valence-corrected chi connectivity index (χ0v) is 21.2. The lowest BCUT2D eigenvalue weighted by Gasteiger charge is -2.37. The summed E-state index contributed by atoms with van der Waals surface area (Å²) in [6, 6.07) is 8.55. The first-order valence-corrected chi connectivity index (χ1v) is 13.2. The van der Waals surface area contributed by atoms with E-state index >= 15 is 0 Å². The number of hydrogen-bond acceptors (Lipinski definition) is 7. The number of hydrogen-bond donors (Lipinski definition) is 1. The van der Waals surface area contributed by atoms with Crippen LogP contribution in [0, 0.1) is 6.92 Å². The average Bonchev–Trinajstić information content (AvgIpc) is 3.43. The Bertz CT molecular complexity index is 1470. The van der Waals surface area contributed by atoms with E-state index in [0.29, 0.717) is 17.7 Å². The third-order valence-electron chi connectivity index (χ3n) is 6.35. The molecule has 5 rings (SSSR count). The van der Waals surface area contributed by atoms with E-state index in [1.807, 2.05) is 37.0 Å². The number of piperidine rings is 1. The third-order valence-corrected chi connectivity index (χ3v) is 8.03. The van der Waals surface area contributed by atoms with Crippen LogP contribution in [-0.4, -0.2) is 61.9 Å². The molecule has 2 atom stereocenters. The van der Waals surface area contributed by atoms with E-state index in [4.69, 9.17) is 9.72 Å². The number of aliphatic hydroxyl groups excluding tert-OH is 1. The highest BCUT2D eigenvalue weighted by Crippen LogP contribution is 2.31. The van der Waals surface area contributed by atoms with Crippen molar-refractivity contribution in [3.05, 3.63) is 60.3 Å². The van der Waals surface area contributed by atoms with Crippen molar-refractivity contribution in [2.45, 2.75) is 63.4 Å². The lowest BCUT2D eigenvalue weighted by Crippen LogP contribution is -2.46. The van der Waals surface area contributed by atoms with Crippen molar-refractivity contribution in [2.75, 3.05) is 13.1 Å². The lowest BCUT2D eigenvalue weighted by atomic mass is 9.97. The molecule has 10 heteroatoms. The van der Waals surface area contributed by atoms with Gasteiger partial charge in [0, 0.05) is 25.2 Å². The van der Waals surface area contributed by atoms with E-state index in [9.17, 15) is 13.5 Å². The summed E-state index contributed by atoms with van der Waals surface area (Å²) in [5.41, 5.74) is 2.34. The molecule has 1 aromatic carbocycles. The van der Waals surface area contributed by atoms with Gasteiger partial charge in [-0.25, -0.2) is 22.4 Å². The zero-order chi connectivity index (χ0) is 25.0. The summed E-state index contributed by atoms with van der Waals surface area (Å²) in [5.74, 6) is 0.873. The Morgan fingerprint density at radius 2 is 1.83 bits per heavy atom. The van der Waals surface area contributed by atoms with Crippen LogP contribution < -0.4 is 0 Å². The molecule has 9 nitrogen and oxygen atoms in total. The molecule has 1 N–H and O–H groups in total. The number of nitrogens with zero attached hydrogens (tertiary/aromatic N) is 5. The van der Waals surface area contributed by atoms with Crippen molar-refractivity contribution in [3.8, 4) is 0 Å². The Morgan fingerprint density at radius 3 is 2.54 bits per heavy atom. The van der Waals surface area contributed by atoms with Crippen LogP contribution in [0.5, 0.6) is 0 Å². The van der Waals surface area contributed by atoms with Gasteiger partial charge in [0.2, 0.25) is 6.41 Å². The molecule has 0 bridgehead atoms. The van der Waals surface area contributed by atoms with E-state index in [-0.39, 0.29) is 10.8 Å². The highest BCUT2D eigenvalue weighted by Gasteiger charge is 2.31. The number of aromatic nitrogens is 4. The molecule has 186 valence electrons. The molecule has 4 aromatic rings. The summed E-state index contributed by atoms with van der Waals surface area (Å²) in [4.78, 5) is 11.3. The summed E-state index contributed by atoms with van der Waals surface area (Å²) < 4.78 is 35.7. The second-order valence-corrected chi connectivity index (χ2v) is 12.0. The molecule has 0 saturated carbocycles. The maximum Gasteiger partial charge on any atom is 0.269 e. The monoisotopic (exact) mass is 497 g/mol. The SMILES string of the molecule is Cc1ccc(S(=O)(=O)n2ccc3c2ncc2cnc([C@@H]4CCCN(C(O)OC(C)(C)C)C4)n23)cc1. The van der Waals surface area contributed by atoms with E-state index in [0.717, 1.165) is 36.3 Å². The topological polar surface area (TPSA) is 102 Å². The number of benzene rings is 1. The van der Waals surface area contributed by atoms with E-state index in [2.05, 4.69) is 4.98 Å². The first-order chi connectivity index (χ1) is 16.5. The number of rotatable bonds is 5. The van der Waals surface area contributed by atoms with Crippen LogP contribution in [0.15, 0.2) is 53.8 Å². The van der Waals surface area contributed by atoms with Gasteiger partial charge in [-0.3, -0.25) is 9.30 Å². The number of aliphatic hydroxyl groups is 1. The first kappa shape index (κ1) is 23.9. The molecule has 1 saturated heterocycles. The summed E-state index contributed by atoms with van der Waals surface area (Å²) in [5, 5.41) is 10.6. The van der Waals surface area contributed by atoms with Crippen LogP contribution in [-0.2, 0) is 14.8 Å². The second kappa shape index (κ2) is 8.70. The molecule has 1 fully saturated rings. The van der Waals surface area contributed by atoms with Gasteiger partial charge in [-0.1, -0.05) is 17.7 Å². The molecule has 35 heavy (non-hydrogen) atoms. The molecular weight excluding hydrogens is 466 g/mol. The quantitative estimate of drug-likeness (QED) is 0.421. The van der Waals surface area contributed by atoms with Crippen LogP contribution in [0.2, 0.25) is 0 Å². The number of aryl methyl sites for hydroxylation is 1. The van der Waals surface area contributed by atoms with Crippen molar-refractivity contribution in [2.24, 2.45) is 0 Å². The van der Waals surface area contributed by atoms with Gasteiger partial charge in [0.25, 0.3) is 10.0 Å². The van der Waals surface area contributed by atoms with Gasteiger partial charge in [0.1, 0.15) is 5.82 Å². The molecule has 4 heterocycles. The van der Waals surface area contributed by atoms with Crippen molar-refractivity contribution in [1.82, 2.24) is 23.2 Å². The number of ether oxygens (including phenoxy) is 1. The molecule has 0 amide bonds. The van der Waals surface area contributed by atoms with Crippen LogP contribution in [0.25, 0.3) is 16.7 Å². The zero-order valence-electron chi connectivity index (χ0n) is 20.4.